The van der Waals surface area contributed by atoms with Crippen LogP contribution in [0, 0.1) is 5.92 Å². The van der Waals surface area contributed by atoms with Crippen LogP contribution < -0.4 is 5.32 Å². The molecule has 0 aromatic heterocycles. The summed E-state index contributed by atoms with van der Waals surface area (Å²) in [7, 11) is 0. The van der Waals surface area contributed by atoms with E-state index >= 15 is 0 Å². The highest BCUT2D eigenvalue weighted by Gasteiger charge is 2.55. The van der Waals surface area contributed by atoms with Crippen LogP contribution in [-0.4, -0.2) is 64.0 Å². The third-order valence-corrected chi connectivity index (χ3v) is 8.70. The maximum absolute atomic E-state index is 13.7. The molecule has 1 aromatic carbocycles. The number of amides is 2. The topological polar surface area (TPSA) is 72.9 Å². The molecule has 6 nitrogen and oxygen atoms in total. The molecule has 1 spiro atoms. The number of carbonyl (C=O) groups excluding carboxylic acids is 2. The highest BCUT2D eigenvalue weighted by molar-refractivity contribution is 6.00. The van der Waals surface area contributed by atoms with Gasteiger partial charge in [0.2, 0.25) is 11.8 Å². The van der Waals surface area contributed by atoms with Crippen LogP contribution in [0.1, 0.15) is 95.6 Å². The van der Waals surface area contributed by atoms with Gasteiger partial charge in [-0.05, 0) is 55.1 Å². The average molecular weight is 484 g/mol. The number of piperazine rings is 1. The molecule has 6 heteroatoms. The number of nitrogens with zero attached hydrogens (tertiary/aromatic N) is 2. The molecule has 0 radical (unpaired) electrons. The molecule has 0 bridgehead atoms. The molecule has 2 aliphatic heterocycles. The highest BCUT2D eigenvalue weighted by Crippen LogP contribution is 2.36. The lowest BCUT2D eigenvalue weighted by Crippen LogP contribution is -2.75. The van der Waals surface area contributed by atoms with E-state index in [9.17, 15) is 14.7 Å². The summed E-state index contributed by atoms with van der Waals surface area (Å²) in [4.78, 5) is 31.6. The number of nitrogens with one attached hydrogen (secondary N) is 1. The molecule has 194 valence electrons. The van der Waals surface area contributed by atoms with E-state index in [1.165, 1.54) is 17.5 Å². The fourth-order valence-electron chi connectivity index (χ4n) is 6.30. The zero-order valence-corrected chi connectivity index (χ0v) is 22.0. The van der Waals surface area contributed by atoms with E-state index in [-0.39, 0.29) is 17.7 Å². The Labute approximate surface area is 211 Å². The first kappa shape index (κ1) is 26.2. The van der Waals surface area contributed by atoms with Gasteiger partial charge in [0.25, 0.3) is 0 Å². The van der Waals surface area contributed by atoms with Crippen molar-refractivity contribution >= 4 is 11.8 Å². The summed E-state index contributed by atoms with van der Waals surface area (Å²) >= 11 is 0. The van der Waals surface area contributed by atoms with Gasteiger partial charge in [-0.2, -0.15) is 0 Å². The Balaban J connectivity index is 1.45. The third kappa shape index (κ3) is 5.59. The van der Waals surface area contributed by atoms with E-state index in [1.807, 2.05) is 4.90 Å². The number of aliphatic hydroxyl groups is 1. The fourth-order valence-corrected chi connectivity index (χ4v) is 6.30. The minimum atomic E-state index is -0.800. The van der Waals surface area contributed by atoms with Crippen molar-refractivity contribution in [2.45, 2.75) is 109 Å². The number of unbranched alkanes of at least 4 members (excludes halogenated alkanes) is 1. The maximum Gasteiger partial charge on any atom is 0.248 e. The summed E-state index contributed by atoms with van der Waals surface area (Å²) in [5, 5.41) is 14.1. The van der Waals surface area contributed by atoms with E-state index < -0.39 is 17.7 Å². The molecule has 2 N–H and O–H groups in total. The number of hydrogen-bond acceptors (Lipinski definition) is 4. The largest absolute Gasteiger partial charge is 0.390 e. The molecule has 2 saturated heterocycles. The Morgan fingerprint density at radius 1 is 1.06 bits per heavy atom. The van der Waals surface area contributed by atoms with Gasteiger partial charge in [0.1, 0.15) is 11.6 Å². The number of hydrogen-bond donors (Lipinski definition) is 2. The van der Waals surface area contributed by atoms with Gasteiger partial charge in [-0.15, -0.1) is 0 Å². The SMILES string of the molecule is CCCCN1C(=O)C(C(O)C2CCCCC2)NC(=O)C12CCN(Cc1ccc(C(C)C)cc1)CC2. The first-order valence-electron chi connectivity index (χ1n) is 14.0. The minimum absolute atomic E-state index is 0.0611. The first-order valence-corrected chi connectivity index (χ1v) is 14.0. The second kappa shape index (κ2) is 11.4. The molecular formula is C29H45N3O3. The normalized spacial score (nSPS) is 24.7. The van der Waals surface area contributed by atoms with Crippen LogP contribution in [0.4, 0.5) is 0 Å². The van der Waals surface area contributed by atoms with E-state index in [0.29, 0.717) is 25.3 Å². The second-order valence-electron chi connectivity index (χ2n) is 11.4. The minimum Gasteiger partial charge on any atom is -0.390 e. The van der Waals surface area contributed by atoms with Gasteiger partial charge in [0.15, 0.2) is 0 Å². The van der Waals surface area contributed by atoms with E-state index in [4.69, 9.17) is 0 Å². The molecule has 2 amide bonds. The molecule has 1 aromatic rings. The molecule has 2 atom stereocenters. The Kier molecular flexibility index (Phi) is 8.54. The number of carbonyl (C=O) groups is 2. The highest BCUT2D eigenvalue weighted by atomic mass is 16.3. The predicted molar refractivity (Wildman–Crippen MR) is 139 cm³/mol. The summed E-state index contributed by atoms with van der Waals surface area (Å²) in [5.41, 5.74) is 1.85. The first-order chi connectivity index (χ1) is 16.9. The van der Waals surface area contributed by atoms with Crippen molar-refractivity contribution in [3.05, 3.63) is 35.4 Å². The predicted octanol–water partition coefficient (Wildman–Crippen LogP) is 4.21. The molecule has 4 rings (SSSR count). The number of aliphatic hydroxyl groups excluding tert-OH is 1. The molecule has 2 unspecified atom stereocenters. The van der Waals surface area contributed by atoms with Crippen LogP contribution in [0.15, 0.2) is 24.3 Å². The van der Waals surface area contributed by atoms with Crippen molar-refractivity contribution in [1.82, 2.24) is 15.1 Å². The number of rotatable bonds is 8. The lowest BCUT2D eigenvalue weighted by atomic mass is 9.78. The molecule has 2 heterocycles. The fraction of sp³-hybridized carbons (Fsp3) is 0.724. The van der Waals surface area contributed by atoms with Gasteiger partial charge in [0.05, 0.1) is 6.10 Å². The van der Waals surface area contributed by atoms with Crippen molar-refractivity contribution in [1.29, 1.82) is 0 Å². The van der Waals surface area contributed by atoms with Gasteiger partial charge in [-0.1, -0.05) is 70.7 Å². The summed E-state index contributed by atoms with van der Waals surface area (Å²) in [6.07, 6.45) is 7.60. The lowest BCUT2D eigenvalue weighted by Gasteiger charge is -2.52. The smallest absolute Gasteiger partial charge is 0.248 e. The molecular weight excluding hydrogens is 438 g/mol. The Bertz CT molecular complexity index is 854. The van der Waals surface area contributed by atoms with Crippen LogP contribution in [0.3, 0.4) is 0 Å². The van der Waals surface area contributed by atoms with Gasteiger partial charge < -0.3 is 15.3 Å². The van der Waals surface area contributed by atoms with Crippen LogP contribution in [0.2, 0.25) is 0 Å². The average Bonchev–Trinajstić information content (AvgIpc) is 2.88. The zero-order chi connectivity index (χ0) is 25.0. The Hall–Kier alpha value is -1.92. The van der Waals surface area contributed by atoms with Crippen molar-refractivity contribution in [2.75, 3.05) is 19.6 Å². The quantitative estimate of drug-likeness (QED) is 0.581. The molecule has 3 fully saturated rings. The number of benzene rings is 1. The molecule has 35 heavy (non-hydrogen) atoms. The summed E-state index contributed by atoms with van der Waals surface area (Å²) in [6, 6.07) is 8.04. The van der Waals surface area contributed by atoms with E-state index in [0.717, 1.165) is 58.2 Å². The number of piperidine rings is 1. The van der Waals surface area contributed by atoms with Crippen LogP contribution in [-0.2, 0) is 16.1 Å². The maximum atomic E-state index is 13.7. The van der Waals surface area contributed by atoms with E-state index in [2.05, 4.69) is 55.3 Å². The van der Waals surface area contributed by atoms with Crippen molar-refractivity contribution in [3.63, 3.8) is 0 Å². The van der Waals surface area contributed by atoms with Crippen molar-refractivity contribution in [2.24, 2.45) is 5.92 Å². The van der Waals surface area contributed by atoms with Crippen molar-refractivity contribution in [3.8, 4) is 0 Å². The standard InChI is InChI=1S/C29H45N3O3/c1-4-5-17-32-27(34)25(26(33)24-9-7-6-8-10-24)30-28(35)29(32)15-18-31(19-16-29)20-22-11-13-23(14-12-22)21(2)3/h11-14,21,24-26,33H,4-10,15-20H2,1-3H3,(H,30,35). The monoisotopic (exact) mass is 483 g/mol. The van der Waals surface area contributed by atoms with E-state index in [1.54, 1.807) is 0 Å². The third-order valence-electron chi connectivity index (χ3n) is 8.70. The molecule has 1 saturated carbocycles. The lowest BCUT2D eigenvalue weighted by molar-refractivity contribution is -0.166. The summed E-state index contributed by atoms with van der Waals surface area (Å²) in [5.74, 6) is 0.489. The number of likely N-dealkylation sites (tertiary alicyclic amines) is 1. The van der Waals surface area contributed by atoms with Crippen molar-refractivity contribution < 1.29 is 14.7 Å². The Morgan fingerprint density at radius 3 is 2.31 bits per heavy atom. The van der Waals surface area contributed by atoms with Crippen LogP contribution in [0.5, 0.6) is 0 Å². The van der Waals surface area contributed by atoms with Gasteiger partial charge in [-0.3, -0.25) is 14.5 Å². The Morgan fingerprint density at radius 2 is 1.71 bits per heavy atom. The molecule has 3 aliphatic rings. The van der Waals surface area contributed by atoms with Gasteiger partial charge in [-0.25, -0.2) is 0 Å². The van der Waals surface area contributed by atoms with Crippen LogP contribution >= 0.6 is 0 Å². The zero-order valence-electron chi connectivity index (χ0n) is 22.0. The molecule has 1 aliphatic carbocycles. The van der Waals surface area contributed by atoms with Gasteiger partial charge >= 0.3 is 0 Å². The summed E-state index contributed by atoms with van der Waals surface area (Å²) < 4.78 is 0. The summed E-state index contributed by atoms with van der Waals surface area (Å²) in [6.45, 7) is 9.55. The van der Waals surface area contributed by atoms with Gasteiger partial charge in [0, 0.05) is 26.2 Å². The second-order valence-corrected chi connectivity index (χ2v) is 11.4. The van der Waals surface area contributed by atoms with Crippen LogP contribution in [0.25, 0.3) is 0 Å².